The van der Waals surface area contributed by atoms with Crippen LogP contribution in [0.1, 0.15) is 213 Å². The van der Waals surface area contributed by atoms with E-state index in [4.69, 9.17) is 14.2 Å². The van der Waals surface area contributed by atoms with E-state index in [1.807, 2.05) is 24.3 Å². The Morgan fingerprint density at radius 3 is 1.12 bits per heavy atom. The first kappa shape index (κ1) is 62.5. The lowest BCUT2D eigenvalue weighted by Gasteiger charge is -2.18. The largest absolute Gasteiger partial charge is 0.462 e. The standard InChI is InChI=1S/C61H96O6/c1-4-7-10-13-16-19-22-25-28-29-30-31-34-36-39-42-45-48-51-54-60(63)66-57-58(67-61(64)55-52-49-46-43-40-37-33-27-24-21-18-15-12-9-6-3)56-65-59(62)53-50-47-44-41-38-35-32-26-23-20-17-14-11-8-5-2/h7,9-10,12,15-21,23-28,30-31,33,36,39,58H,4-6,8,11,13-14,22,29,32,34-35,37-38,40-57H2,1-3H3/b10-7-,12-9-,18-15-,19-16-,20-17-,24-21-,26-23-,28-25-,31-30-,33-27-,39-36-. The molecule has 6 heteroatoms. The number of ether oxygens (including phenoxy) is 3. The van der Waals surface area contributed by atoms with E-state index >= 15 is 0 Å². The van der Waals surface area contributed by atoms with Gasteiger partial charge in [0.05, 0.1) is 0 Å². The Hall–Kier alpha value is -4.45. The van der Waals surface area contributed by atoms with E-state index in [2.05, 4.69) is 130 Å². The molecule has 6 nitrogen and oxygen atoms in total. The van der Waals surface area contributed by atoms with Gasteiger partial charge in [0.15, 0.2) is 6.10 Å². The van der Waals surface area contributed by atoms with E-state index < -0.39 is 6.10 Å². The van der Waals surface area contributed by atoms with E-state index in [0.29, 0.717) is 12.8 Å². The minimum atomic E-state index is -0.814. The zero-order valence-electron chi connectivity index (χ0n) is 42.9. The van der Waals surface area contributed by atoms with Crippen molar-refractivity contribution in [2.24, 2.45) is 0 Å². The zero-order chi connectivity index (χ0) is 48.6. The fourth-order valence-electron chi connectivity index (χ4n) is 6.76. The number of rotatable bonds is 46. The molecule has 0 amide bonds. The summed E-state index contributed by atoms with van der Waals surface area (Å²) in [6.07, 6.45) is 75.7. The molecule has 0 aromatic carbocycles. The first-order chi connectivity index (χ1) is 33.0. The van der Waals surface area contributed by atoms with E-state index in [1.165, 1.54) is 38.5 Å². The highest BCUT2D eigenvalue weighted by Crippen LogP contribution is 2.13. The molecule has 0 saturated heterocycles. The van der Waals surface area contributed by atoms with E-state index in [1.54, 1.807) is 0 Å². The molecule has 0 aliphatic carbocycles. The van der Waals surface area contributed by atoms with Gasteiger partial charge < -0.3 is 14.2 Å². The molecule has 0 saturated carbocycles. The molecule has 0 aliphatic heterocycles. The second-order valence-corrected chi connectivity index (χ2v) is 17.1. The molecule has 0 fully saturated rings. The predicted octanol–water partition coefficient (Wildman–Crippen LogP) is 17.9. The Morgan fingerprint density at radius 1 is 0.328 bits per heavy atom. The van der Waals surface area contributed by atoms with Gasteiger partial charge in [-0.1, -0.05) is 219 Å². The van der Waals surface area contributed by atoms with Crippen LogP contribution in [0.4, 0.5) is 0 Å². The molecule has 0 N–H and O–H groups in total. The van der Waals surface area contributed by atoms with Crippen LogP contribution in [0.3, 0.4) is 0 Å². The Bertz CT molecular complexity index is 1480. The number of hydrogen-bond donors (Lipinski definition) is 0. The van der Waals surface area contributed by atoms with Gasteiger partial charge in [-0.3, -0.25) is 14.4 Å². The number of unbranched alkanes of at least 4 members (excludes halogenated alkanes) is 17. The van der Waals surface area contributed by atoms with Gasteiger partial charge in [-0.2, -0.15) is 0 Å². The summed E-state index contributed by atoms with van der Waals surface area (Å²) in [6.45, 7) is 6.28. The third kappa shape index (κ3) is 52.4. The number of esters is 3. The molecule has 0 aromatic rings. The molecule has 0 aliphatic rings. The highest BCUT2D eigenvalue weighted by molar-refractivity contribution is 5.71. The van der Waals surface area contributed by atoms with Gasteiger partial charge >= 0.3 is 17.9 Å². The summed E-state index contributed by atoms with van der Waals surface area (Å²) in [5.41, 5.74) is 0. The summed E-state index contributed by atoms with van der Waals surface area (Å²) in [7, 11) is 0. The van der Waals surface area contributed by atoms with Gasteiger partial charge in [0.1, 0.15) is 13.2 Å². The summed E-state index contributed by atoms with van der Waals surface area (Å²) in [6, 6.07) is 0. The minimum absolute atomic E-state index is 0.110. The van der Waals surface area contributed by atoms with Crippen molar-refractivity contribution in [3.05, 3.63) is 134 Å². The van der Waals surface area contributed by atoms with Crippen LogP contribution in [-0.2, 0) is 28.6 Å². The van der Waals surface area contributed by atoms with Crippen LogP contribution in [0.25, 0.3) is 0 Å². The topological polar surface area (TPSA) is 78.9 Å². The van der Waals surface area contributed by atoms with Crippen LogP contribution < -0.4 is 0 Å². The molecule has 0 rings (SSSR count). The van der Waals surface area contributed by atoms with Crippen molar-refractivity contribution in [3.63, 3.8) is 0 Å². The highest BCUT2D eigenvalue weighted by atomic mass is 16.6. The van der Waals surface area contributed by atoms with Crippen molar-refractivity contribution in [1.29, 1.82) is 0 Å². The van der Waals surface area contributed by atoms with Gasteiger partial charge in [0.2, 0.25) is 0 Å². The molecule has 0 spiro atoms. The van der Waals surface area contributed by atoms with Gasteiger partial charge in [-0.05, 0) is 109 Å². The van der Waals surface area contributed by atoms with Gasteiger partial charge in [0, 0.05) is 19.3 Å². The fourth-order valence-corrected chi connectivity index (χ4v) is 6.76. The lowest BCUT2D eigenvalue weighted by molar-refractivity contribution is -0.167. The maximum atomic E-state index is 12.8. The molecule has 1 unspecified atom stereocenters. The normalized spacial score (nSPS) is 13.2. The maximum absolute atomic E-state index is 12.8. The second-order valence-electron chi connectivity index (χ2n) is 17.1. The Labute approximate surface area is 411 Å². The summed E-state index contributed by atoms with van der Waals surface area (Å²) in [5.74, 6) is -0.985. The summed E-state index contributed by atoms with van der Waals surface area (Å²) in [5, 5.41) is 0. The Balaban J connectivity index is 4.53. The molecule has 0 bridgehead atoms. The van der Waals surface area contributed by atoms with Crippen LogP contribution >= 0.6 is 0 Å². The number of allylic oxidation sites excluding steroid dienone is 22. The van der Waals surface area contributed by atoms with Crippen molar-refractivity contribution in [1.82, 2.24) is 0 Å². The van der Waals surface area contributed by atoms with Gasteiger partial charge in [0.25, 0.3) is 0 Å². The fraction of sp³-hybridized carbons (Fsp3) is 0.590. The first-order valence-electron chi connectivity index (χ1n) is 26.8. The van der Waals surface area contributed by atoms with E-state index in [9.17, 15) is 14.4 Å². The molecule has 0 aromatic heterocycles. The number of carbonyl (C=O) groups excluding carboxylic acids is 3. The summed E-state index contributed by atoms with van der Waals surface area (Å²) in [4.78, 5) is 38.1. The SMILES string of the molecule is CC\C=C/C=C\C=C/C=C\CCCCCCCC(=O)OC(COC(=O)CCCCC/C=C\C/C=C\C/C=C\C/C=C\C/C=C\CC)COC(=O)CCCCCCCC/C=C\C=C/CCCCC. The van der Waals surface area contributed by atoms with Crippen molar-refractivity contribution in [2.75, 3.05) is 13.2 Å². The molecular formula is C61H96O6. The third-order valence-corrected chi connectivity index (χ3v) is 10.7. The smallest absolute Gasteiger partial charge is 0.306 e. The second kappa shape index (κ2) is 54.2. The molecule has 376 valence electrons. The lowest BCUT2D eigenvalue weighted by Crippen LogP contribution is -2.30. The number of hydrogen-bond acceptors (Lipinski definition) is 6. The quantitative estimate of drug-likeness (QED) is 0.0199. The Kier molecular flexibility index (Phi) is 50.6. The summed E-state index contributed by atoms with van der Waals surface area (Å²) >= 11 is 0. The predicted molar refractivity (Wildman–Crippen MR) is 288 cm³/mol. The highest BCUT2D eigenvalue weighted by Gasteiger charge is 2.19. The van der Waals surface area contributed by atoms with Crippen LogP contribution in [0.15, 0.2) is 134 Å². The summed E-state index contributed by atoms with van der Waals surface area (Å²) < 4.78 is 16.8. The molecule has 1 atom stereocenters. The number of carbonyl (C=O) groups is 3. The van der Waals surface area contributed by atoms with Gasteiger partial charge in [-0.15, -0.1) is 0 Å². The van der Waals surface area contributed by atoms with Crippen molar-refractivity contribution < 1.29 is 28.6 Å². The van der Waals surface area contributed by atoms with Gasteiger partial charge in [-0.25, -0.2) is 0 Å². The van der Waals surface area contributed by atoms with Crippen LogP contribution in [0, 0.1) is 0 Å². The minimum Gasteiger partial charge on any atom is -0.462 e. The maximum Gasteiger partial charge on any atom is 0.306 e. The third-order valence-electron chi connectivity index (χ3n) is 10.7. The average Bonchev–Trinajstić information content (AvgIpc) is 3.33. The molecule has 0 heterocycles. The van der Waals surface area contributed by atoms with Crippen molar-refractivity contribution in [3.8, 4) is 0 Å². The van der Waals surface area contributed by atoms with E-state index in [-0.39, 0.29) is 37.5 Å². The van der Waals surface area contributed by atoms with Crippen molar-refractivity contribution in [2.45, 2.75) is 219 Å². The Morgan fingerprint density at radius 2 is 0.657 bits per heavy atom. The molecule has 67 heavy (non-hydrogen) atoms. The molecule has 0 radical (unpaired) electrons. The average molecular weight is 925 g/mol. The molecular weight excluding hydrogens is 829 g/mol. The lowest BCUT2D eigenvalue weighted by atomic mass is 10.1. The van der Waals surface area contributed by atoms with Crippen LogP contribution in [0.5, 0.6) is 0 Å². The monoisotopic (exact) mass is 925 g/mol. The van der Waals surface area contributed by atoms with Crippen LogP contribution in [0.2, 0.25) is 0 Å². The van der Waals surface area contributed by atoms with Crippen molar-refractivity contribution >= 4 is 17.9 Å². The first-order valence-corrected chi connectivity index (χ1v) is 26.8. The van der Waals surface area contributed by atoms with Crippen LogP contribution in [-0.4, -0.2) is 37.2 Å². The zero-order valence-corrected chi connectivity index (χ0v) is 42.9. The van der Waals surface area contributed by atoms with E-state index in [0.717, 1.165) is 135 Å².